The number of halogens is 1. The zero-order chi connectivity index (χ0) is 18.8. The maximum absolute atomic E-state index is 13.9. The Balaban J connectivity index is 1.92. The zero-order valence-corrected chi connectivity index (χ0v) is 15.7. The first-order chi connectivity index (χ1) is 12.4. The van der Waals surface area contributed by atoms with Gasteiger partial charge in [0.2, 0.25) is 0 Å². The zero-order valence-electron chi connectivity index (χ0n) is 14.9. The number of rotatable bonds is 6. The summed E-state index contributed by atoms with van der Waals surface area (Å²) in [7, 11) is 3.03. The maximum atomic E-state index is 13.9. The van der Waals surface area contributed by atoms with Crippen LogP contribution in [0.3, 0.4) is 0 Å². The Bertz CT molecular complexity index is 801. The molecule has 1 heterocycles. The minimum absolute atomic E-state index is 0.0108. The summed E-state index contributed by atoms with van der Waals surface area (Å²) in [6.07, 6.45) is 0.702. The van der Waals surface area contributed by atoms with Crippen LogP contribution in [0, 0.1) is 18.7 Å². The molecule has 0 saturated heterocycles. The van der Waals surface area contributed by atoms with Crippen LogP contribution in [-0.4, -0.2) is 31.3 Å². The first-order valence-corrected chi connectivity index (χ1v) is 9.21. The number of aliphatic hydroxyl groups is 1. The molecular weight excluding hydrogens is 357 g/mol. The van der Waals surface area contributed by atoms with E-state index in [1.54, 1.807) is 6.07 Å². The van der Waals surface area contributed by atoms with Crippen LogP contribution in [0.4, 0.5) is 4.39 Å². The molecular formula is C19H22FNO4S. The van der Waals surface area contributed by atoms with E-state index < -0.39 is 18.0 Å². The molecule has 1 saturated carbocycles. The molecule has 2 aromatic rings. The molecule has 0 bridgehead atoms. The number of carbonyl (C=O) groups excluding carboxylic acids is 1. The molecule has 1 aliphatic carbocycles. The molecule has 1 aromatic carbocycles. The summed E-state index contributed by atoms with van der Waals surface area (Å²) >= 11 is 1.34. The van der Waals surface area contributed by atoms with Crippen molar-refractivity contribution in [3.05, 3.63) is 45.4 Å². The van der Waals surface area contributed by atoms with E-state index in [0.29, 0.717) is 34.8 Å². The Morgan fingerprint density at radius 2 is 1.96 bits per heavy atom. The number of carbonyl (C=O) groups is 1. The molecule has 1 amide bonds. The lowest BCUT2D eigenvalue weighted by Crippen LogP contribution is -2.41. The van der Waals surface area contributed by atoms with Gasteiger partial charge in [0.1, 0.15) is 22.2 Å². The van der Waals surface area contributed by atoms with E-state index in [1.165, 1.54) is 37.7 Å². The summed E-state index contributed by atoms with van der Waals surface area (Å²) in [5.41, 5.74) is 0.574. The quantitative estimate of drug-likeness (QED) is 0.807. The highest BCUT2D eigenvalue weighted by molar-refractivity contribution is 7.14. The summed E-state index contributed by atoms with van der Waals surface area (Å²) < 4.78 is 24.5. The number of thiophene rings is 1. The predicted octanol–water partition coefficient (Wildman–Crippen LogP) is 3.45. The number of hydrogen-bond donors (Lipinski definition) is 2. The molecule has 1 atom stereocenters. The van der Waals surface area contributed by atoms with E-state index in [9.17, 15) is 14.3 Å². The molecule has 0 spiro atoms. The number of aryl methyl sites for hydroxylation is 1. The highest BCUT2D eigenvalue weighted by Gasteiger charge is 2.37. The van der Waals surface area contributed by atoms with Gasteiger partial charge in [0.15, 0.2) is 0 Å². The van der Waals surface area contributed by atoms with Crippen molar-refractivity contribution >= 4 is 17.2 Å². The minimum atomic E-state index is -0.455. The van der Waals surface area contributed by atoms with Gasteiger partial charge < -0.3 is 19.9 Å². The van der Waals surface area contributed by atoms with Crippen LogP contribution in [0.15, 0.2) is 24.3 Å². The standard InChI is InChI=1S/C19H22FNO4S/c1-10-6-16(25-3)18(26-10)19(23)21-17(11-7-13(22)8-11)14-9-12(20)4-5-15(14)24-2/h4-6,9,11,13,17,22H,7-8H2,1-3H3,(H,21,23)/t11?,13?,17-/m0/s1. The molecule has 3 rings (SSSR count). The van der Waals surface area contributed by atoms with Crippen LogP contribution in [0.1, 0.15) is 39.0 Å². The summed E-state index contributed by atoms with van der Waals surface area (Å²) in [6.45, 7) is 1.90. The van der Waals surface area contributed by atoms with Crippen LogP contribution >= 0.6 is 11.3 Å². The number of ether oxygens (including phenoxy) is 2. The lowest BCUT2D eigenvalue weighted by atomic mass is 9.75. The van der Waals surface area contributed by atoms with E-state index in [4.69, 9.17) is 9.47 Å². The van der Waals surface area contributed by atoms with Crippen molar-refractivity contribution in [1.82, 2.24) is 5.32 Å². The average Bonchev–Trinajstić information content (AvgIpc) is 2.98. The maximum Gasteiger partial charge on any atom is 0.265 e. The van der Waals surface area contributed by atoms with Gasteiger partial charge in [0, 0.05) is 10.4 Å². The number of nitrogens with one attached hydrogen (secondary N) is 1. The molecule has 140 valence electrons. The van der Waals surface area contributed by atoms with E-state index in [2.05, 4.69) is 5.32 Å². The fraction of sp³-hybridized carbons (Fsp3) is 0.421. The fourth-order valence-electron chi connectivity index (χ4n) is 3.31. The number of amides is 1. The topological polar surface area (TPSA) is 67.8 Å². The SMILES string of the molecule is COc1ccc(F)cc1[C@@H](NC(=O)c1sc(C)cc1OC)C1CC(O)C1. The van der Waals surface area contributed by atoms with Crippen molar-refractivity contribution in [2.75, 3.05) is 14.2 Å². The van der Waals surface area contributed by atoms with Gasteiger partial charge in [-0.25, -0.2) is 4.39 Å². The van der Waals surface area contributed by atoms with E-state index in [-0.39, 0.29) is 11.8 Å². The molecule has 1 fully saturated rings. The van der Waals surface area contributed by atoms with Crippen LogP contribution < -0.4 is 14.8 Å². The molecule has 1 aromatic heterocycles. The third-order valence-corrected chi connectivity index (χ3v) is 5.71. The average molecular weight is 379 g/mol. The minimum Gasteiger partial charge on any atom is -0.496 e. The van der Waals surface area contributed by atoms with Gasteiger partial charge in [-0.05, 0) is 49.9 Å². The van der Waals surface area contributed by atoms with Crippen molar-refractivity contribution in [3.63, 3.8) is 0 Å². The molecule has 0 aliphatic heterocycles. The first-order valence-electron chi connectivity index (χ1n) is 8.39. The number of hydrogen-bond acceptors (Lipinski definition) is 5. The van der Waals surface area contributed by atoms with E-state index in [1.807, 2.05) is 13.0 Å². The Morgan fingerprint density at radius 3 is 2.58 bits per heavy atom. The Morgan fingerprint density at radius 1 is 1.27 bits per heavy atom. The molecule has 1 aliphatic rings. The highest BCUT2D eigenvalue weighted by Crippen LogP contribution is 2.42. The molecule has 26 heavy (non-hydrogen) atoms. The van der Waals surface area contributed by atoms with Gasteiger partial charge in [0.05, 0.1) is 26.4 Å². The second kappa shape index (κ2) is 7.63. The van der Waals surface area contributed by atoms with Crippen molar-refractivity contribution in [1.29, 1.82) is 0 Å². The Kier molecular flexibility index (Phi) is 5.48. The van der Waals surface area contributed by atoms with Crippen LogP contribution in [0.5, 0.6) is 11.5 Å². The molecule has 0 unspecified atom stereocenters. The van der Waals surface area contributed by atoms with Crippen molar-refractivity contribution in [2.45, 2.75) is 31.9 Å². The monoisotopic (exact) mass is 379 g/mol. The highest BCUT2D eigenvalue weighted by atomic mass is 32.1. The van der Waals surface area contributed by atoms with E-state index >= 15 is 0 Å². The second-order valence-corrected chi connectivity index (χ2v) is 7.73. The van der Waals surface area contributed by atoms with Crippen molar-refractivity contribution in [2.24, 2.45) is 5.92 Å². The van der Waals surface area contributed by atoms with Gasteiger partial charge >= 0.3 is 0 Å². The van der Waals surface area contributed by atoms with Crippen molar-refractivity contribution in [3.8, 4) is 11.5 Å². The summed E-state index contributed by atoms with van der Waals surface area (Å²) in [6, 6.07) is 5.61. The Hall–Kier alpha value is -2.12. The van der Waals surface area contributed by atoms with Crippen molar-refractivity contribution < 1.29 is 23.8 Å². The summed E-state index contributed by atoms with van der Waals surface area (Å²) in [5.74, 6) is 0.356. The van der Waals surface area contributed by atoms with Crippen LogP contribution in [-0.2, 0) is 0 Å². The van der Waals surface area contributed by atoms with Gasteiger partial charge in [-0.1, -0.05) is 0 Å². The summed E-state index contributed by atoms with van der Waals surface area (Å²) in [4.78, 5) is 14.3. The van der Waals surface area contributed by atoms with Gasteiger partial charge in [-0.2, -0.15) is 0 Å². The number of methoxy groups -OCH3 is 2. The Labute approximate surface area is 155 Å². The van der Waals surface area contributed by atoms with Gasteiger partial charge in [-0.3, -0.25) is 4.79 Å². The molecule has 7 heteroatoms. The van der Waals surface area contributed by atoms with E-state index in [0.717, 1.165) is 4.88 Å². The lowest BCUT2D eigenvalue weighted by molar-refractivity contribution is 0.0231. The third kappa shape index (κ3) is 3.68. The van der Waals surface area contributed by atoms with Crippen LogP contribution in [0.25, 0.3) is 0 Å². The van der Waals surface area contributed by atoms with Crippen LogP contribution in [0.2, 0.25) is 0 Å². The third-order valence-electron chi connectivity index (χ3n) is 4.68. The number of aliphatic hydroxyl groups excluding tert-OH is 1. The molecule has 0 radical (unpaired) electrons. The first kappa shape index (κ1) is 18.7. The number of benzene rings is 1. The second-order valence-electron chi connectivity index (χ2n) is 6.48. The lowest BCUT2D eigenvalue weighted by Gasteiger charge is -2.38. The molecule has 2 N–H and O–H groups in total. The smallest absolute Gasteiger partial charge is 0.265 e. The predicted molar refractivity (Wildman–Crippen MR) is 97.5 cm³/mol. The van der Waals surface area contributed by atoms with Gasteiger partial charge in [0.25, 0.3) is 5.91 Å². The largest absolute Gasteiger partial charge is 0.496 e. The van der Waals surface area contributed by atoms with Gasteiger partial charge in [-0.15, -0.1) is 11.3 Å². The summed E-state index contributed by atoms with van der Waals surface area (Å²) in [5, 5.41) is 12.7. The normalized spacial score (nSPS) is 20.2. The fourth-order valence-corrected chi connectivity index (χ4v) is 4.19. The molecule has 5 nitrogen and oxygen atoms in total.